The molecule has 2 rings (SSSR count). The molecule has 0 aliphatic rings. The summed E-state index contributed by atoms with van der Waals surface area (Å²) in [4.78, 5) is 0. The minimum absolute atomic E-state index is 0.177. The lowest BCUT2D eigenvalue weighted by atomic mass is 9.98. The van der Waals surface area contributed by atoms with Crippen molar-refractivity contribution in [2.75, 3.05) is 0 Å². The summed E-state index contributed by atoms with van der Waals surface area (Å²) in [6.07, 6.45) is 0. The SMILES string of the molecule is NNC(c1ccc(F)cc1F)c1ccc(F)cc1Br. The standard InChI is InChI=1S/C13H10BrF3N2/c14-11-5-7(15)1-3-9(11)13(19-18)10-4-2-8(16)6-12(10)17/h1-6,13,19H,18H2. The summed E-state index contributed by atoms with van der Waals surface area (Å²) >= 11 is 3.19. The number of nitrogens with one attached hydrogen (secondary N) is 1. The van der Waals surface area contributed by atoms with E-state index in [0.29, 0.717) is 10.0 Å². The van der Waals surface area contributed by atoms with Gasteiger partial charge in [0.15, 0.2) is 0 Å². The van der Waals surface area contributed by atoms with Crippen LogP contribution in [0.3, 0.4) is 0 Å². The Bertz CT molecular complexity index is 553. The number of rotatable bonds is 3. The van der Waals surface area contributed by atoms with Crippen molar-refractivity contribution in [1.82, 2.24) is 5.43 Å². The minimum Gasteiger partial charge on any atom is -0.271 e. The molecule has 1 atom stereocenters. The first kappa shape index (κ1) is 14.0. The Balaban J connectivity index is 2.50. The number of hydrazine groups is 1. The highest BCUT2D eigenvalue weighted by Crippen LogP contribution is 2.30. The number of benzene rings is 2. The second-order valence-electron chi connectivity index (χ2n) is 3.93. The van der Waals surface area contributed by atoms with Crippen LogP contribution in [0.2, 0.25) is 0 Å². The van der Waals surface area contributed by atoms with E-state index in [1.165, 1.54) is 24.3 Å². The van der Waals surface area contributed by atoms with Crippen LogP contribution in [0, 0.1) is 17.5 Å². The third kappa shape index (κ3) is 2.97. The summed E-state index contributed by atoms with van der Waals surface area (Å²) in [6, 6.07) is 6.47. The van der Waals surface area contributed by atoms with Crippen molar-refractivity contribution in [3.63, 3.8) is 0 Å². The molecule has 19 heavy (non-hydrogen) atoms. The highest BCUT2D eigenvalue weighted by molar-refractivity contribution is 9.10. The fourth-order valence-corrected chi connectivity index (χ4v) is 2.40. The maximum atomic E-state index is 13.8. The largest absolute Gasteiger partial charge is 0.271 e. The van der Waals surface area contributed by atoms with Crippen molar-refractivity contribution in [1.29, 1.82) is 0 Å². The summed E-state index contributed by atoms with van der Waals surface area (Å²) in [5.41, 5.74) is 3.17. The third-order valence-corrected chi connectivity index (χ3v) is 3.40. The van der Waals surface area contributed by atoms with Crippen LogP contribution in [0.4, 0.5) is 13.2 Å². The average Bonchev–Trinajstić information content (AvgIpc) is 2.34. The van der Waals surface area contributed by atoms with Crippen molar-refractivity contribution in [3.8, 4) is 0 Å². The predicted octanol–water partition coefficient (Wildman–Crippen LogP) is 3.42. The van der Waals surface area contributed by atoms with E-state index in [0.717, 1.165) is 12.1 Å². The molecule has 0 fully saturated rings. The molecule has 0 aliphatic carbocycles. The topological polar surface area (TPSA) is 38.0 Å². The van der Waals surface area contributed by atoms with E-state index in [2.05, 4.69) is 21.4 Å². The van der Waals surface area contributed by atoms with Crippen LogP contribution in [0.5, 0.6) is 0 Å². The van der Waals surface area contributed by atoms with Crippen molar-refractivity contribution >= 4 is 15.9 Å². The first-order chi connectivity index (χ1) is 9.02. The lowest BCUT2D eigenvalue weighted by Gasteiger charge is -2.19. The molecule has 0 aliphatic heterocycles. The van der Waals surface area contributed by atoms with E-state index in [-0.39, 0.29) is 5.56 Å². The maximum absolute atomic E-state index is 13.8. The minimum atomic E-state index is -0.723. The van der Waals surface area contributed by atoms with Crippen LogP contribution in [-0.4, -0.2) is 0 Å². The molecular weight excluding hydrogens is 321 g/mol. The number of halogens is 4. The van der Waals surface area contributed by atoms with Crippen molar-refractivity contribution < 1.29 is 13.2 Å². The molecule has 2 aromatic rings. The molecule has 2 nitrogen and oxygen atoms in total. The van der Waals surface area contributed by atoms with Crippen LogP contribution in [-0.2, 0) is 0 Å². The summed E-state index contributed by atoms with van der Waals surface area (Å²) in [7, 11) is 0. The highest BCUT2D eigenvalue weighted by atomic mass is 79.9. The van der Waals surface area contributed by atoms with E-state index in [9.17, 15) is 13.2 Å². The van der Waals surface area contributed by atoms with Gasteiger partial charge in [0.2, 0.25) is 0 Å². The second kappa shape index (κ2) is 5.73. The Morgan fingerprint density at radius 1 is 0.947 bits per heavy atom. The summed E-state index contributed by atoms with van der Waals surface area (Å²) in [6.45, 7) is 0. The zero-order valence-electron chi connectivity index (χ0n) is 9.63. The summed E-state index contributed by atoms with van der Waals surface area (Å²) in [5, 5.41) is 0. The molecule has 0 radical (unpaired) electrons. The van der Waals surface area contributed by atoms with Gasteiger partial charge < -0.3 is 0 Å². The van der Waals surface area contributed by atoms with Gasteiger partial charge in [-0.1, -0.05) is 28.1 Å². The molecule has 1 unspecified atom stereocenters. The Morgan fingerprint density at radius 3 is 2.05 bits per heavy atom. The normalized spacial score (nSPS) is 12.5. The van der Waals surface area contributed by atoms with E-state index < -0.39 is 23.5 Å². The third-order valence-electron chi connectivity index (χ3n) is 2.71. The van der Waals surface area contributed by atoms with Gasteiger partial charge in [-0.25, -0.2) is 18.6 Å². The van der Waals surface area contributed by atoms with Crippen molar-refractivity contribution in [3.05, 3.63) is 69.4 Å². The molecule has 0 amide bonds. The van der Waals surface area contributed by atoms with Gasteiger partial charge in [0, 0.05) is 16.1 Å². The molecule has 3 N–H and O–H groups in total. The Kier molecular flexibility index (Phi) is 4.24. The molecule has 2 aromatic carbocycles. The molecule has 0 heterocycles. The molecule has 0 saturated carbocycles. The lowest BCUT2D eigenvalue weighted by molar-refractivity contribution is 0.540. The summed E-state index contributed by atoms with van der Waals surface area (Å²) in [5.74, 6) is 3.61. The van der Waals surface area contributed by atoms with Crippen LogP contribution in [0.15, 0.2) is 40.9 Å². The molecule has 0 spiro atoms. The van der Waals surface area contributed by atoms with E-state index >= 15 is 0 Å². The monoisotopic (exact) mass is 330 g/mol. The van der Waals surface area contributed by atoms with Gasteiger partial charge in [-0.05, 0) is 23.8 Å². The Morgan fingerprint density at radius 2 is 1.53 bits per heavy atom. The first-order valence-electron chi connectivity index (χ1n) is 5.39. The second-order valence-corrected chi connectivity index (χ2v) is 4.79. The fraction of sp³-hybridized carbons (Fsp3) is 0.0769. The maximum Gasteiger partial charge on any atom is 0.131 e. The Labute approximate surface area is 116 Å². The number of nitrogens with two attached hydrogens (primary N) is 1. The van der Waals surface area contributed by atoms with Gasteiger partial charge in [-0.3, -0.25) is 5.84 Å². The van der Waals surface area contributed by atoms with E-state index in [1.54, 1.807) is 0 Å². The van der Waals surface area contributed by atoms with Crippen molar-refractivity contribution in [2.24, 2.45) is 5.84 Å². The van der Waals surface area contributed by atoms with Gasteiger partial charge >= 0.3 is 0 Å². The van der Waals surface area contributed by atoms with E-state index in [4.69, 9.17) is 5.84 Å². The fourth-order valence-electron chi connectivity index (χ4n) is 1.82. The average molecular weight is 331 g/mol. The summed E-state index contributed by atoms with van der Waals surface area (Å²) < 4.78 is 40.1. The zero-order chi connectivity index (χ0) is 14.0. The van der Waals surface area contributed by atoms with Gasteiger partial charge in [-0.15, -0.1) is 0 Å². The van der Waals surface area contributed by atoms with Crippen molar-refractivity contribution in [2.45, 2.75) is 6.04 Å². The van der Waals surface area contributed by atoms with Crippen LogP contribution >= 0.6 is 15.9 Å². The van der Waals surface area contributed by atoms with Gasteiger partial charge in [0.25, 0.3) is 0 Å². The van der Waals surface area contributed by atoms with Crippen LogP contribution < -0.4 is 11.3 Å². The number of hydrogen-bond acceptors (Lipinski definition) is 2. The highest BCUT2D eigenvalue weighted by Gasteiger charge is 2.19. The predicted molar refractivity (Wildman–Crippen MR) is 69.6 cm³/mol. The van der Waals surface area contributed by atoms with E-state index in [1.807, 2.05) is 0 Å². The smallest absolute Gasteiger partial charge is 0.131 e. The molecular formula is C13H10BrF3N2. The molecule has 0 bridgehead atoms. The Hall–Kier alpha value is -1.37. The first-order valence-corrected chi connectivity index (χ1v) is 6.18. The molecule has 6 heteroatoms. The molecule has 100 valence electrons. The quantitative estimate of drug-likeness (QED) is 0.668. The number of hydrogen-bond donors (Lipinski definition) is 2. The molecule has 0 aromatic heterocycles. The lowest BCUT2D eigenvalue weighted by Crippen LogP contribution is -2.29. The van der Waals surface area contributed by atoms with Crippen LogP contribution in [0.25, 0.3) is 0 Å². The zero-order valence-corrected chi connectivity index (χ0v) is 11.2. The van der Waals surface area contributed by atoms with Gasteiger partial charge in [0.1, 0.15) is 17.5 Å². The van der Waals surface area contributed by atoms with Gasteiger partial charge in [0.05, 0.1) is 6.04 Å². The molecule has 0 saturated heterocycles. The van der Waals surface area contributed by atoms with Gasteiger partial charge in [-0.2, -0.15) is 0 Å². The van der Waals surface area contributed by atoms with Crippen LogP contribution in [0.1, 0.15) is 17.2 Å².